The third-order valence-electron chi connectivity index (χ3n) is 6.84. The number of rotatable bonds is 7. The number of fused-ring (bicyclic) bond motifs is 2. The molecule has 162 valence electrons. The van der Waals surface area contributed by atoms with Gasteiger partial charge in [0.1, 0.15) is 0 Å². The average Bonchev–Trinajstić information content (AvgIpc) is 3.13. The number of hydrogen-bond donors (Lipinski definition) is 2. The first-order chi connectivity index (χ1) is 14.5. The predicted molar refractivity (Wildman–Crippen MR) is 127 cm³/mol. The second-order valence-electron chi connectivity index (χ2n) is 9.35. The van der Waals surface area contributed by atoms with E-state index in [9.17, 15) is 0 Å². The summed E-state index contributed by atoms with van der Waals surface area (Å²) in [7, 11) is 0. The molecule has 4 rings (SSSR count). The first-order valence-corrected chi connectivity index (χ1v) is 12.0. The van der Waals surface area contributed by atoms with Crippen molar-refractivity contribution in [3.8, 4) is 0 Å². The minimum Gasteiger partial charge on any atom is -0.312 e. The van der Waals surface area contributed by atoms with Crippen LogP contribution < -0.4 is 10.7 Å². The predicted octanol–water partition coefficient (Wildman–Crippen LogP) is 5.69. The zero-order valence-electron chi connectivity index (χ0n) is 18.9. The molecule has 0 aliphatic carbocycles. The number of hydrogen-bond acceptors (Lipinski definition) is 3. The fourth-order valence-electron chi connectivity index (χ4n) is 4.96. The van der Waals surface area contributed by atoms with Gasteiger partial charge in [-0.15, -0.1) is 0 Å². The summed E-state index contributed by atoms with van der Waals surface area (Å²) in [4.78, 5) is 0. The van der Waals surface area contributed by atoms with Gasteiger partial charge in [0.2, 0.25) is 0 Å². The van der Waals surface area contributed by atoms with Crippen LogP contribution in [0.5, 0.6) is 0 Å². The third-order valence-corrected chi connectivity index (χ3v) is 7.16. The Kier molecular flexibility index (Phi) is 6.84. The van der Waals surface area contributed by atoms with E-state index in [-0.39, 0.29) is 0 Å². The molecule has 2 aromatic rings. The van der Waals surface area contributed by atoms with Crippen LogP contribution in [0.15, 0.2) is 24.3 Å². The molecular formula is C26H36ClN3. The average molecular weight is 426 g/mol. The Hall–Kier alpha value is -1.39. The maximum absolute atomic E-state index is 6.50. The van der Waals surface area contributed by atoms with Crippen molar-refractivity contribution >= 4 is 11.6 Å². The lowest BCUT2D eigenvalue weighted by Crippen LogP contribution is -2.34. The van der Waals surface area contributed by atoms with Gasteiger partial charge in [-0.3, -0.25) is 5.43 Å². The highest BCUT2D eigenvalue weighted by Crippen LogP contribution is 2.32. The number of aryl methyl sites for hydroxylation is 1. The van der Waals surface area contributed by atoms with Crippen LogP contribution in [0.25, 0.3) is 0 Å². The van der Waals surface area contributed by atoms with Crippen molar-refractivity contribution in [3.05, 3.63) is 68.2 Å². The Morgan fingerprint density at radius 1 is 1.00 bits per heavy atom. The second-order valence-corrected chi connectivity index (χ2v) is 9.76. The Bertz CT molecular complexity index is 906. The zero-order valence-corrected chi connectivity index (χ0v) is 19.7. The van der Waals surface area contributed by atoms with Crippen LogP contribution in [0.2, 0.25) is 5.02 Å². The highest BCUT2D eigenvalue weighted by molar-refractivity contribution is 6.31. The summed E-state index contributed by atoms with van der Waals surface area (Å²) < 4.78 is 0. The summed E-state index contributed by atoms with van der Waals surface area (Å²) in [5.41, 5.74) is 13.8. The fourth-order valence-corrected chi connectivity index (χ4v) is 5.36. The maximum atomic E-state index is 6.50. The molecule has 0 fully saturated rings. The number of nitrogens with zero attached hydrogens (tertiary/aromatic N) is 1. The molecule has 0 bridgehead atoms. The summed E-state index contributed by atoms with van der Waals surface area (Å²) in [5, 5.41) is 6.76. The minimum atomic E-state index is 0.464. The van der Waals surface area contributed by atoms with E-state index < -0.39 is 0 Å². The molecule has 30 heavy (non-hydrogen) atoms. The molecule has 2 aliphatic rings. The van der Waals surface area contributed by atoms with Crippen molar-refractivity contribution in [2.75, 3.05) is 13.1 Å². The van der Waals surface area contributed by atoms with Crippen molar-refractivity contribution in [2.45, 2.75) is 78.4 Å². The minimum absolute atomic E-state index is 0.464. The molecule has 0 spiro atoms. The van der Waals surface area contributed by atoms with Crippen LogP contribution in [0.4, 0.5) is 0 Å². The number of nitrogens with one attached hydrogen (secondary N) is 2. The highest BCUT2D eigenvalue weighted by atomic mass is 35.5. The Labute approximate surface area is 187 Å². The van der Waals surface area contributed by atoms with Crippen molar-refractivity contribution in [3.63, 3.8) is 0 Å². The summed E-state index contributed by atoms with van der Waals surface area (Å²) >= 11 is 6.50. The number of hydrazine groups is 1. The van der Waals surface area contributed by atoms with E-state index in [1.165, 1.54) is 27.8 Å². The fraction of sp³-hybridized carbons (Fsp3) is 0.538. The van der Waals surface area contributed by atoms with Crippen molar-refractivity contribution in [1.82, 2.24) is 15.8 Å². The molecule has 0 amide bonds. The molecule has 0 radical (unpaired) electrons. The summed E-state index contributed by atoms with van der Waals surface area (Å²) in [5.74, 6) is 1.03. The molecule has 0 saturated carbocycles. The van der Waals surface area contributed by atoms with Crippen LogP contribution in [0.1, 0.15) is 84.9 Å². The van der Waals surface area contributed by atoms with E-state index >= 15 is 0 Å². The molecule has 2 N–H and O–H groups in total. The lowest BCUT2D eigenvalue weighted by molar-refractivity contribution is 0.187. The van der Waals surface area contributed by atoms with Gasteiger partial charge < -0.3 is 5.32 Å². The third kappa shape index (κ3) is 4.60. The first-order valence-electron chi connectivity index (χ1n) is 11.6. The Balaban J connectivity index is 1.36. The van der Waals surface area contributed by atoms with Gasteiger partial charge in [0.15, 0.2) is 0 Å². The van der Waals surface area contributed by atoms with Gasteiger partial charge in [0.25, 0.3) is 0 Å². The molecule has 2 aliphatic heterocycles. The first kappa shape index (κ1) is 21.8. The van der Waals surface area contributed by atoms with Gasteiger partial charge >= 0.3 is 0 Å². The van der Waals surface area contributed by atoms with Gasteiger partial charge in [-0.1, -0.05) is 57.5 Å². The summed E-state index contributed by atoms with van der Waals surface area (Å²) in [6.45, 7) is 14.1. The molecular weight excluding hydrogens is 390 g/mol. The van der Waals surface area contributed by atoms with Crippen LogP contribution in [0.3, 0.4) is 0 Å². The summed E-state index contributed by atoms with van der Waals surface area (Å²) in [6, 6.07) is 9.43. The van der Waals surface area contributed by atoms with Gasteiger partial charge in [-0.2, -0.15) is 0 Å². The van der Waals surface area contributed by atoms with Gasteiger partial charge in [0.05, 0.1) is 0 Å². The largest absolute Gasteiger partial charge is 0.312 e. The molecule has 4 heteroatoms. The standard InChI is InChI=1S/C26H36ClN3/c1-5-19-10-21-14-28-8-7-20(21)11-25(19)18(4)6-9-29-30-15-22-12-24(17(2)3)26(27)13-23(22)16-30/h10-13,17-18,28-29H,5-9,14-16H2,1-4H3. The highest BCUT2D eigenvalue weighted by Gasteiger charge is 2.22. The van der Waals surface area contributed by atoms with Gasteiger partial charge in [-0.25, -0.2) is 5.01 Å². The van der Waals surface area contributed by atoms with Crippen LogP contribution >= 0.6 is 11.6 Å². The van der Waals surface area contributed by atoms with E-state index in [0.29, 0.717) is 11.8 Å². The van der Waals surface area contributed by atoms with Gasteiger partial charge in [0, 0.05) is 31.2 Å². The smallest absolute Gasteiger partial charge is 0.0444 e. The topological polar surface area (TPSA) is 27.3 Å². The van der Waals surface area contributed by atoms with E-state index in [4.69, 9.17) is 11.6 Å². The number of benzene rings is 2. The lowest BCUT2D eigenvalue weighted by Gasteiger charge is -2.24. The van der Waals surface area contributed by atoms with Crippen LogP contribution in [-0.4, -0.2) is 18.1 Å². The maximum Gasteiger partial charge on any atom is 0.0444 e. The summed E-state index contributed by atoms with van der Waals surface area (Å²) in [6.07, 6.45) is 3.42. The van der Waals surface area contributed by atoms with E-state index in [1.54, 1.807) is 11.1 Å². The molecule has 1 atom stereocenters. The molecule has 2 heterocycles. The van der Waals surface area contributed by atoms with E-state index in [1.807, 2.05) is 0 Å². The van der Waals surface area contributed by atoms with Crippen LogP contribution in [-0.2, 0) is 32.5 Å². The van der Waals surface area contributed by atoms with Crippen molar-refractivity contribution in [2.24, 2.45) is 0 Å². The SMILES string of the molecule is CCc1cc2c(cc1C(C)CCNN1Cc3cc(Cl)c(C(C)C)cc3C1)CCNC2. The quantitative estimate of drug-likeness (QED) is 0.597. The Morgan fingerprint density at radius 3 is 2.47 bits per heavy atom. The molecule has 1 unspecified atom stereocenters. The molecule has 0 aromatic heterocycles. The van der Waals surface area contributed by atoms with E-state index in [2.05, 4.69) is 67.7 Å². The van der Waals surface area contributed by atoms with Crippen LogP contribution in [0, 0.1) is 0 Å². The zero-order chi connectivity index (χ0) is 21.3. The second kappa shape index (κ2) is 9.40. The lowest BCUT2D eigenvalue weighted by atomic mass is 9.86. The van der Waals surface area contributed by atoms with E-state index in [0.717, 1.165) is 57.0 Å². The number of halogens is 1. The van der Waals surface area contributed by atoms with Gasteiger partial charge in [-0.05, 0) is 82.7 Å². The molecule has 2 aromatic carbocycles. The Morgan fingerprint density at radius 2 is 1.73 bits per heavy atom. The van der Waals surface area contributed by atoms with Crippen molar-refractivity contribution < 1.29 is 0 Å². The normalized spacial score (nSPS) is 17.3. The molecule has 0 saturated heterocycles. The monoisotopic (exact) mass is 425 g/mol. The molecule has 3 nitrogen and oxygen atoms in total. The van der Waals surface area contributed by atoms with Crippen molar-refractivity contribution in [1.29, 1.82) is 0 Å².